The first kappa shape index (κ1) is 13.6. The van der Waals surface area contributed by atoms with Crippen molar-refractivity contribution in [1.29, 1.82) is 0 Å². The summed E-state index contributed by atoms with van der Waals surface area (Å²) in [7, 11) is 0. The fraction of sp³-hybridized carbons (Fsp3) is 0.500. The number of hydrogen-bond acceptors (Lipinski definition) is 2. The molecule has 1 saturated heterocycles. The molecule has 1 aromatic rings. The molecule has 0 aromatic heterocycles. The zero-order valence-electron chi connectivity index (χ0n) is 10.7. The number of nitrogens with one attached hydrogen (secondary N) is 1. The summed E-state index contributed by atoms with van der Waals surface area (Å²) >= 11 is 3.57. The maximum atomic E-state index is 11.6. The molecule has 0 saturated carbocycles. The molecule has 0 bridgehead atoms. The van der Waals surface area contributed by atoms with Crippen molar-refractivity contribution in [2.75, 3.05) is 19.6 Å². The zero-order valence-corrected chi connectivity index (χ0v) is 12.2. The first-order valence-corrected chi connectivity index (χ1v) is 7.19. The fourth-order valence-corrected chi connectivity index (χ4v) is 2.94. The molecule has 1 heterocycles. The van der Waals surface area contributed by atoms with Gasteiger partial charge in [-0.1, -0.05) is 34.1 Å². The van der Waals surface area contributed by atoms with E-state index in [1.165, 1.54) is 5.56 Å². The Morgan fingerprint density at radius 3 is 3.00 bits per heavy atom. The summed E-state index contributed by atoms with van der Waals surface area (Å²) in [5.41, 5.74) is 1.31. The van der Waals surface area contributed by atoms with Gasteiger partial charge < -0.3 is 10.2 Å². The molecular weight excluding hydrogens is 292 g/mol. The van der Waals surface area contributed by atoms with Crippen molar-refractivity contribution in [3.05, 3.63) is 34.3 Å². The molecule has 4 heteroatoms. The third-order valence-electron chi connectivity index (χ3n) is 3.46. The van der Waals surface area contributed by atoms with E-state index in [9.17, 15) is 4.79 Å². The predicted molar refractivity (Wildman–Crippen MR) is 76.5 cm³/mol. The van der Waals surface area contributed by atoms with Gasteiger partial charge in [-0.3, -0.25) is 4.79 Å². The third-order valence-corrected chi connectivity index (χ3v) is 4.23. The number of hydrogen-bond donors (Lipinski definition) is 1. The minimum Gasteiger partial charge on any atom is -0.337 e. The number of rotatable bonds is 3. The molecule has 18 heavy (non-hydrogen) atoms. The lowest BCUT2D eigenvalue weighted by molar-refractivity contribution is -0.132. The van der Waals surface area contributed by atoms with Gasteiger partial charge in [-0.25, -0.2) is 0 Å². The molecule has 0 aliphatic carbocycles. The van der Waals surface area contributed by atoms with Crippen LogP contribution in [0, 0.1) is 0 Å². The number of amides is 1. The van der Waals surface area contributed by atoms with Gasteiger partial charge in [0.05, 0.1) is 0 Å². The Hall–Kier alpha value is -0.870. The molecule has 98 valence electrons. The minimum absolute atomic E-state index is 0.189. The molecule has 1 atom stereocenters. The van der Waals surface area contributed by atoms with E-state index >= 15 is 0 Å². The van der Waals surface area contributed by atoms with Crippen LogP contribution in [-0.2, 0) is 11.2 Å². The largest absolute Gasteiger partial charge is 0.337 e. The van der Waals surface area contributed by atoms with Crippen molar-refractivity contribution in [1.82, 2.24) is 10.2 Å². The molecule has 1 fully saturated rings. The summed E-state index contributed by atoms with van der Waals surface area (Å²) in [4.78, 5) is 13.6. The molecule has 0 spiro atoms. The summed E-state index contributed by atoms with van der Waals surface area (Å²) in [5.74, 6) is 0.189. The molecular formula is C14H19BrN2O. The first-order valence-electron chi connectivity index (χ1n) is 6.40. The lowest BCUT2D eigenvalue weighted by Crippen LogP contribution is -2.53. The maximum Gasteiger partial charge on any atom is 0.219 e. The Morgan fingerprint density at radius 2 is 2.28 bits per heavy atom. The summed E-state index contributed by atoms with van der Waals surface area (Å²) in [6.07, 6.45) is 2.01. The van der Waals surface area contributed by atoms with E-state index in [4.69, 9.17) is 0 Å². The second-order valence-electron chi connectivity index (χ2n) is 4.70. The summed E-state index contributed by atoms with van der Waals surface area (Å²) < 4.78 is 1.16. The van der Waals surface area contributed by atoms with Crippen molar-refractivity contribution in [3.8, 4) is 0 Å². The minimum atomic E-state index is 0.189. The van der Waals surface area contributed by atoms with Crippen LogP contribution < -0.4 is 5.32 Å². The molecule has 1 amide bonds. The predicted octanol–water partition coefficient (Wildman–Crippen LogP) is 2.20. The van der Waals surface area contributed by atoms with Crippen LogP contribution in [0.5, 0.6) is 0 Å². The van der Waals surface area contributed by atoms with Gasteiger partial charge in [0, 0.05) is 37.1 Å². The smallest absolute Gasteiger partial charge is 0.219 e. The average Bonchev–Trinajstić information content (AvgIpc) is 2.38. The third kappa shape index (κ3) is 3.33. The van der Waals surface area contributed by atoms with Crippen molar-refractivity contribution in [2.45, 2.75) is 25.8 Å². The Bertz CT molecular complexity index is 422. The summed E-state index contributed by atoms with van der Waals surface area (Å²) in [5, 5.41) is 3.36. The van der Waals surface area contributed by atoms with Crippen LogP contribution in [0.25, 0.3) is 0 Å². The molecule has 0 radical (unpaired) electrons. The van der Waals surface area contributed by atoms with Crippen LogP contribution in [0.3, 0.4) is 0 Å². The van der Waals surface area contributed by atoms with Gasteiger partial charge in [-0.05, 0) is 24.5 Å². The van der Waals surface area contributed by atoms with E-state index in [0.717, 1.165) is 36.9 Å². The zero-order chi connectivity index (χ0) is 13.0. The van der Waals surface area contributed by atoms with Crippen LogP contribution in [0.4, 0.5) is 0 Å². The van der Waals surface area contributed by atoms with Crippen LogP contribution in [0.1, 0.15) is 18.9 Å². The van der Waals surface area contributed by atoms with Gasteiger partial charge in [-0.2, -0.15) is 0 Å². The number of nitrogens with zero attached hydrogens (tertiary/aromatic N) is 1. The second kappa shape index (κ2) is 6.34. The Labute approximate surface area is 117 Å². The van der Waals surface area contributed by atoms with E-state index in [1.807, 2.05) is 11.0 Å². The number of halogens is 1. The van der Waals surface area contributed by atoms with Gasteiger partial charge in [0.2, 0.25) is 5.91 Å². The Morgan fingerprint density at radius 1 is 1.50 bits per heavy atom. The molecule has 3 nitrogen and oxygen atoms in total. The van der Waals surface area contributed by atoms with Crippen LogP contribution in [-0.4, -0.2) is 36.5 Å². The van der Waals surface area contributed by atoms with Gasteiger partial charge in [-0.15, -0.1) is 0 Å². The topological polar surface area (TPSA) is 32.3 Å². The number of aryl methyl sites for hydroxylation is 1. The highest BCUT2D eigenvalue weighted by Gasteiger charge is 2.23. The van der Waals surface area contributed by atoms with E-state index in [-0.39, 0.29) is 5.91 Å². The summed E-state index contributed by atoms with van der Waals surface area (Å²) in [6.45, 7) is 4.31. The number of piperazine rings is 1. The molecule has 2 rings (SSSR count). The highest BCUT2D eigenvalue weighted by molar-refractivity contribution is 9.10. The average molecular weight is 311 g/mol. The monoisotopic (exact) mass is 310 g/mol. The first-order chi connectivity index (χ1) is 8.68. The SMILES string of the molecule is CC(=O)N1CCNCC1CCc1ccccc1Br. The normalized spacial score (nSPS) is 19.9. The highest BCUT2D eigenvalue weighted by atomic mass is 79.9. The van der Waals surface area contributed by atoms with Crippen molar-refractivity contribution >= 4 is 21.8 Å². The van der Waals surface area contributed by atoms with Gasteiger partial charge >= 0.3 is 0 Å². The van der Waals surface area contributed by atoms with E-state index in [1.54, 1.807) is 6.92 Å². The Kier molecular flexibility index (Phi) is 4.78. The second-order valence-corrected chi connectivity index (χ2v) is 5.55. The maximum absolute atomic E-state index is 11.6. The number of carbonyl (C=O) groups is 1. The Balaban J connectivity index is 1.96. The number of carbonyl (C=O) groups excluding carboxylic acids is 1. The lowest BCUT2D eigenvalue weighted by Gasteiger charge is -2.35. The molecule has 1 N–H and O–H groups in total. The van der Waals surface area contributed by atoms with Gasteiger partial charge in [0.25, 0.3) is 0 Å². The van der Waals surface area contributed by atoms with Gasteiger partial charge in [0.15, 0.2) is 0 Å². The fourth-order valence-electron chi connectivity index (χ4n) is 2.46. The molecule has 1 aliphatic heterocycles. The quantitative estimate of drug-likeness (QED) is 0.928. The standard InChI is InChI=1S/C14H19BrN2O/c1-11(18)17-9-8-16-10-13(17)7-6-12-4-2-3-5-14(12)15/h2-5,13,16H,6-10H2,1H3. The molecule has 1 aromatic carbocycles. The number of benzene rings is 1. The lowest BCUT2D eigenvalue weighted by atomic mass is 10.0. The van der Waals surface area contributed by atoms with Gasteiger partial charge in [0.1, 0.15) is 0 Å². The van der Waals surface area contributed by atoms with Crippen molar-refractivity contribution < 1.29 is 4.79 Å². The van der Waals surface area contributed by atoms with E-state index in [2.05, 4.69) is 39.4 Å². The van der Waals surface area contributed by atoms with E-state index in [0.29, 0.717) is 6.04 Å². The van der Waals surface area contributed by atoms with Crippen LogP contribution in [0.2, 0.25) is 0 Å². The highest BCUT2D eigenvalue weighted by Crippen LogP contribution is 2.19. The van der Waals surface area contributed by atoms with Crippen molar-refractivity contribution in [2.24, 2.45) is 0 Å². The van der Waals surface area contributed by atoms with Crippen LogP contribution >= 0.6 is 15.9 Å². The van der Waals surface area contributed by atoms with Crippen LogP contribution in [0.15, 0.2) is 28.7 Å². The molecule has 1 aliphatic rings. The van der Waals surface area contributed by atoms with E-state index < -0.39 is 0 Å². The van der Waals surface area contributed by atoms with Crippen molar-refractivity contribution in [3.63, 3.8) is 0 Å². The molecule has 1 unspecified atom stereocenters. The summed E-state index contributed by atoms with van der Waals surface area (Å²) in [6, 6.07) is 8.61.